The van der Waals surface area contributed by atoms with Crippen molar-refractivity contribution in [1.29, 1.82) is 0 Å². The minimum atomic E-state index is -0.220. The van der Waals surface area contributed by atoms with E-state index in [2.05, 4.69) is 6.92 Å². The fourth-order valence-corrected chi connectivity index (χ4v) is 4.02. The number of unbranched alkanes of at least 4 members (excludes halogenated alkanes) is 7. The smallest absolute Gasteiger partial charge is 0.196 e. The zero-order valence-electron chi connectivity index (χ0n) is 18.2. The van der Waals surface area contributed by atoms with Gasteiger partial charge in [0.1, 0.15) is 0 Å². The summed E-state index contributed by atoms with van der Waals surface area (Å²) in [5.41, 5.74) is 1.60. The van der Waals surface area contributed by atoms with E-state index in [-0.39, 0.29) is 5.78 Å². The minimum Gasteiger partial charge on any atom is -0.493 e. The Balaban J connectivity index is 2.02. The number of benzene rings is 2. The minimum absolute atomic E-state index is 0.220. The summed E-state index contributed by atoms with van der Waals surface area (Å²) in [6.45, 7) is 4.69. The Kier molecular flexibility index (Phi) is 10.5. The van der Waals surface area contributed by atoms with Crippen molar-refractivity contribution in [2.24, 2.45) is 0 Å². The molecule has 2 aromatic rings. The number of hydrogen-bond donors (Lipinski definition) is 0. The van der Waals surface area contributed by atoms with Gasteiger partial charge in [-0.15, -0.1) is 0 Å². The van der Waals surface area contributed by atoms with E-state index in [1.54, 1.807) is 31.4 Å². The number of ketones is 1. The second kappa shape index (κ2) is 12.9. The normalized spacial score (nSPS) is 10.8. The number of halogens is 2. The summed E-state index contributed by atoms with van der Waals surface area (Å²) in [5.74, 6) is 0.967. The molecule has 2 aromatic carbocycles. The highest BCUT2D eigenvalue weighted by atomic mass is 35.5. The van der Waals surface area contributed by atoms with Crippen molar-refractivity contribution in [3.63, 3.8) is 0 Å². The number of aryl methyl sites for hydroxylation is 1. The van der Waals surface area contributed by atoms with Crippen molar-refractivity contribution in [2.75, 3.05) is 13.7 Å². The Morgan fingerprint density at radius 3 is 2.10 bits per heavy atom. The SMILES string of the molecule is CCCCCCCCCCOc1cc(C(=O)c2c(Cl)cccc2Cl)c(C)cc1OC. The van der Waals surface area contributed by atoms with Crippen molar-refractivity contribution in [3.05, 3.63) is 57.1 Å². The van der Waals surface area contributed by atoms with Gasteiger partial charge in [-0.2, -0.15) is 0 Å². The molecule has 0 fully saturated rings. The highest BCUT2D eigenvalue weighted by Gasteiger charge is 2.21. The Bertz CT molecular complexity index is 813. The second-order valence-corrected chi connectivity index (χ2v) is 8.38. The van der Waals surface area contributed by atoms with Crippen molar-refractivity contribution in [2.45, 2.75) is 65.2 Å². The molecular formula is C25H32Cl2O3. The molecule has 164 valence electrons. The third-order valence-corrected chi connectivity index (χ3v) is 5.83. The Hall–Kier alpha value is -1.71. The standard InChI is InChI=1S/C25H32Cl2O3/c1-4-5-6-7-8-9-10-11-15-30-23-17-19(18(2)16-22(23)29-3)25(28)24-20(26)13-12-14-21(24)27/h12-14,16-17H,4-11,15H2,1-3H3. The highest BCUT2D eigenvalue weighted by molar-refractivity contribution is 6.41. The first-order chi connectivity index (χ1) is 14.5. The zero-order valence-corrected chi connectivity index (χ0v) is 19.7. The van der Waals surface area contributed by atoms with Crippen molar-refractivity contribution >= 4 is 29.0 Å². The lowest BCUT2D eigenvalue weighted by atomic mass is 9.98. The largest absolute Gasteiger partial charge is 0.493 e. The lowest BCUT2D eigenvalue weighted by Crippen LogP contribution is -2.08. The van der Waals surface area contributed by atoms with E-state index in [4.69, 9.17) is 32.7 Å². The van der Waals surface area contributed by atoms with Crippen LogP contribution in [0.3, 0.4) is 0 Å². The van der Waals surface area contributed by atoms with E-state index >= 15 is 0 Å². The average Bonchev–Trinajstić information content (AvgIpc) is 2.72. The molecule has 0 aromatic heterocycles. The van der Waals surface area contributed by atoms with Gasteiger partial charge in [-0.05, 0) is 43.2 Å². The van der Waals surface area contributed by atoms with E-state index < -0.39 is 0 Å². The van der Waals surface area contributed by atoms with E-state index in [1.165, 1.54) is 38.5 Å². The molecule has 0 N–H and O–H groups in total. The summed E-state index contributed by atoms with van der Waals surface area (Å²) in [4.78, 5) is 13.1. The van der Waals surface area contributed by atoms with Crippen LogP contribution in [0.15, 0.2) is 30.3 Å². The van der Waals surface area contributed by atoms with Gasteiger partial charge in [0.25, 0.3) is 0 Å². The summed E-state index contributed by atoms with van der Waals surface area (Å²) in [6, 6.07) is 8.61. The van der Waals surface area contributed by atoms with Crippen LogP contribution >= 0.6 is 23.2 Å². The lowest BCUT2D eigenvalue weighted by molar-refractivity contribution is 0.103. The van der Waals surface area contributed by atoms with E-state index in [9.17, 15) is 4.79 Å². The molecule has 0 aliphatic rings. The molecule has 0 bridgehead atoms. The first kappa shape index (κ1) is 24.6. The third kappa shape index (κ3) is 6.92. The molecule has 0 radical (unpaired) electrons. The molecule has 0 saturated carbocycles. The van der Waals surface area contributed by atoms with Crippen LogP contribution in [0, 0.1) is 6.92 Å². The maximum Gasteiger partial charge on any atom is 0.196 e. The molecule has 30 heavy (non-hydrogen) atoms. The molecule has 0 spiro atoms. The van der Waals surface area contributed by atoms with Crippen LogP contribution in [-0.4, -0.2) is 19.5 Å². The molecule has 0 amide bonds. The van der Waals surface area contributed by atoms with Gasteiger partial charge in [-0.25, -0.2) is 0 Å². The van der Waals surface area contributed by atoms with E-state index in [0.29, 0.717) is 39.3 Å². The van der Waals surface area contributed by atoms with Crippen LogP contribution in [0.1, 0.15) is 79.8 Å². The first-order valence-corrected chi connectivity index (χ1v) is 11.5. The van der Waals surface area contributed by atoms with Crippen LogP contribution in [-0.2, 0) is 0 Å². The number of methoxy groups -OCH3 is 1. The predicted octanol–water partition coefficient (Wildman–Crippen LogP) is 8.06. The van der Waals surface area contributed by atoms with E-state index in [1.807, 2.05) is 13.0 Å². The highest BCUT2D eigenvalue weighted by Crippen LogP contribution is 2.34. The third-order valence-electron chi connectivity index (χ3n) is 5.20. The van der Waals surface area contributed by atoms with Crippen LogP contribution in [0.2, 0.25) is 10.0 Å². The maximum absolute atomic E-state index is 13.1. The molecule has 0 unspecified atom stereocenters. The molecule has 0 aliphatic carbocycles. The number of carbonyl (C=O) groups excluding carboxylic acids is 1. The fourth-order valence-electron chi connectivity index (χ4n) is 3.45. The molecule has 5 heteroatoms. The number of rotatable bonds is 13. The lowest BCUT2D eigenvalue weighted by Gasteiger charge is -2.15. The fraction of sp³-hybridized carbons (Fsp3) is 0.480. The van der Waals surface area contributed by atoms with E-state index in [0.717, 1.165) is 18.4 Å². The summed E-state index contributed by atoms with van der Waals surface area (Å²) < 4.78 is 11.4. The number of carbonyl (C=O) groups is 1. The summed E-state index contributed by atoms with van der Waals surface area (Å²) in [7, 11) is 1.60. The zero-order chi connectivity index (χ0) is 21.9. The monoisotopic (exact) mass is 450 g/mol. The van der Waals surface area contributed by atoms with Gasteiger partial charge in [0.05, 0.1) is 29.3 Å². The summed E-state index contributed by atoms with van der Waals surface area (Å²) >= 11 is 12.5. The summed E-state index contributed by atoms with van der Waals surface area (Å²) in [6.07, 6.45) is 9.89. The first-order valence-electron chi connectivity index (χ1n) is 10.8. The van der Waals surface area contributed by atoms with Crippen LogP contribution in [0.4, 0.5) is 0 Å². The quantitative estimate of drug-likeness (QED) is 0.228. The van der Waals surface area contributed by atoms with Crippen LogP contribution < -0.4 is 9.47 Å². The molecule has 2 rings (SSSR count). The molecular weight excluding hydrogens is 419 g/mol. The van der Waals surface area contributed by atoms with Gasteiger partial charge in [0, 0.05) is 5.56 Å². The van der Waals surface area contributed by atoms with Crippen molar-refractivity contribution in [3.8, 4) is 11.5 Å². The van der Waals surface area contributed by atoms with Crippen molar-refractivity contribution < 1.29 is 14.3 Å². The van der Waals surface area contributed by atoms with Gasteiger partial charge in [0.15, 0.2) is 17.3 Å². The van der Waals surface area contributed by atoms with Gasteiger partial charge in [0.2, 0.25) is 0 Å². The number of ether oxygens (including phenoxy) is 2. The maximum atomic E-state index is 13.1. The van der Waals surface area contributed by atoms with Gasteiger partial charge in [-0.1, -0.05) is 81.1 Å². The molecule has 0 aliphatic heterocycles. The van der Waals surface area contributed by atoms with Gasteiger partial charge < -0.3 is 9.47 Å². The van der Waals surface area contributed by atoms with Crippen LogP contribution in [0.5, 0.6) is 11.5 Å². The Morgan fingerprint density at radius 1 is 0.900 bits per heavy atom. The second-order valence-electron chi connectivity index (χ2n) is 7.57. The van der Waals surface area contributed by atoms with Crippen LogP contribution in [0.25, 0.3) is 0 Å². The molecule has 3 nitrogen and oxygen atoms in total. The van der Waals surface area contributed by atoms with Gasteiger partial charge in [-0.3, -0.25) is 4.79 Å². The summed E-state index contributed by atoms with van der Waals surface area (Å²) in [5, 5.41) is 0.674. The molecule has 0 atom stereocenters. The van der Waals surface area contributed by atoms with Gasteiger partial charge >= 0.3 is 0 Å². The predicted molar refractivity (Wildman–Crippen MR) is 126 cm³/mol. The topological polar surface area (TPSA) is 35.5 Å². The van der Waals surface area contributed by atoms with Crippen molar-refractivity contribution in [1.82, 2.24) is 0 Å². The number of hydrogen-bond acceptors (Lipinski definition) is 3. The molecule has 0 saturated heterocycles. The Morgan fingerprint density at radius 2 is 1.50 bits per heavy atom. The molecule has 0 heterocycles. The Labute approximate surface area is 190 Å². The average molecular weight is 451 g/mol.